The Hall–Kier alpha value is -2.53. The van der Waals surface area contributed by atoms with E-state index in [2.05, 4.69) is 22.4 Å². The van der Waals surface area contributed by atoms with E-state index in [1.165, 1.54) is 29.0 Å². The van der Waals surface area contributed by atoms with Gasteiger partial charge in [0.2, 0.25) is 5.91 Å². The lowest BCUT2D eigenvalue weighted by Gasteiger charge is -2.13. The van der Waals surface area contributed by atoms with Gasteiger partial charge in [0, 0.05) is 17.0 Å². The number of aromatic nitrogens is 1. The second-order valence-electron chi connectivity index (χ2n) is 6.32. The molecule has 26 heavy (non-hydrogen) atoms. The number of halogens is 1. The van der Waals surface area contributed by atoms with Crippen LogP contribution in [0.4, 0.5) is 4.39 Å². The van der Waals surface area contributed by atoms with Crippen LogP contribution in [-0.2, 0) is 17.6 Å². The largest absolute Gasteiger partial charge is 0.353 e. The highest BCUT2D eigenvalue weighted by Gasteiger charge is 2.12. The van der Waals surface area contributed by atoms with Crippen LogP contribution >= 0.6 is 11.3 Å². The Kier molecular flexibility index (Phi) is 6.12. The molecule has 1 N–H and O–H groups in total. The van der Waals surface area contributed by atoms with Crippen LogP contribution in [0.25, 0.3) is 10.6 Å². The highest BCUT2D eigenvalue weighted by Crippen LogP contribution is 2.24. The van der Waals surface area contributed by atoms with Crippen molar-refractivity contribution in [2.45, 2.75) is 32.2 Å². The van der Waals surface area contributed by atoms with E-state index in [1.54, 1.807) is 12.1 Å². The van der Waals surface area contributed by atoms with E-state index >= 15 is 0 Å². The van der Waals surface area contributed by atoms with Crippen molar-refractivity contribution in [3.63, 3.8) is 0 Å². The van der Waals surface area contributed by atoms with Crippen LogP contribution in [0.1, 0.15) is 24.6 Å². The van der Waals surface area contributed by atoms with Crippen molar-refractivity contribution in [1.29, 1.82) is 0 Å². The lowest BCUT2D eigenvalue weighted by atomic mass is 10.1. The van der Waals surface area contributed by atoms with E-state index in [9.17, 15) is 9.18 Å². The van der Waals surface area contributed by atoms with Crippen LogP contribution in [0.3, 0.4) is 0 Å². The molecule has 1 atom stereocenters. The van der Waals surface area contributed by atoms with Gasteiger partial charge in [-0.05, 0) is 49.6 Å². The van der Waals surface area contributed by atoms with Crippen molar-refractivity contribution in [3.8, 4) is 10.6 Å². The maximum atomic E-state index is 13.0. The Morgan fingerprint density at radius 2 is 1.88 bits per heavy atom. The fourth-order valence-corrected chi connectivity index (χ4v) is 3.53. The SMILES string of the molecule is CC(CCc1ccccc1)NC(=O)Cc1csc(-c2ccc(F)cc2)n1. The van der Waals surface area contributed by atoms with Crippen molar-refractivity contribution in [2.24, 2.45) is 0 Å². The third kappa shape index (κ3) is 5.23. The number of thiazole rings is 1. The molecule has 1 amide bonds. The van der Waals surface area contributed by atoms with E-state index in [4.69, 9.17) is 0 Å². The normalized spacial score (nSPS) is 11.9. The lowest BCUT2D eigenvalue weighted by Crippen LogP contribution is -2.34. The number of nitrogens with zero attached hydrogens (tertiary/aromatic N) is 1. The van der Waals surface area contributed by atoms with Gasteiger partial charge in [-0.25, -0.2) is 9.37 Å². The van der Waals surface area contributed by atoms with Crippen molar-refractivity contribution in [3.05, 3.63) is 77.1 Å². The third-order valence-corrected chi connectivity index (χ3v) is 5.04. The van der Waals surface area contributed by atoms with E-state index in [-0.39, 0.29) is 24.2 Å². The van der Waals surface area contributed by atoms with Gasteiger partial charge in [0.25, 0.3) is 0 Å². The average Bonchev–Trinajstić information content (AvgIpc) is 3.09. The average molecular weight is 368 g/mol. The zero-order chi connectivity index (χ0) is 18.4. The summed E-state index contributed by atoms with van der Waals surface area (Å²) in [5.41, 5.74) is 2.87. The van der Waals surface area contributed by atoms with Crippen molar-refractivity contribution >= 4 is 17.2 Å². The molecule has 0 aliphatic heterocycles. The molecule has 0 aliphatic rings. The Bertz CT molecular complexity index is 846. The van der Waals surface area contributed by atoms with Crippen LogP contribution in [0, 0.1) is 5.82 Å². The molecule has 0 bridgehead atoms. The first kappa shape index (κ1) is 18.3. The van der Waals surface area contributed by atoms with Gasteiger partial charge in [-0.15, -0.1) is 11.3 Å². The molecule has 0 radical (unpaired) electrons. The third-order valence-electron chi connectivity index (χ3n) is 4.10. The van der Waals surface area contributed by atoms with E-state index in [0.717, 1.165) is 29.1 Å². The maximum Gasteiger partial charge on any atom is 0.226 e. The summed E-state index contributed by atoms with van der Waals surface area (Å²) in [4.78, 5) is 16.7. The predicted octanol–water partition coefficient (Wildman–Crippen LogP) is 4.63. The van der Waals surface area contributed by atoms with Crippen LogP contribution in [0.15, 0.2) is 60.0 Å². The second-order valence-corrected chi connectivity index (χ2v) is 7.18. The molecule has 1 aromatic heterocycles. The number of rotatable bonds is 7. The Labute approximate surface area is 156 Å². The molecule has 1 heterocycles. The van der Waals surface area contributed by atoms with Crippen LogP contribution in [-0.4, -0.2) is 16.9 Å². The minimum atomic E-state index is -0.269. The molecule has 134 valence electrons. The zero-order valence-corrected chi connectivity index (χ0v) is 15.4. The molecule has 0 fully saturated rings. The van der Waals surface area contributed by atoms with Crippen molar-refractivity contribution < 1.29 is 9.18 Å². The summed E-state index contributed by atoms with van der Waals surface area (Å²) in [6, 6.07) is 16.6. The van der Waals surface area contributed by atoms with Crippen LogP contribution < -0.4 is 5.32 Å². The maximum absolute atomic E-state index is 13.0. The Morgan fingerprint density at radius 1 is 1.15 bits per heavy atom. The molecule has 0 saturated heterocycles. The summed E-state index contributed by atoms with van der Waals surface area (Å²) >= 11 is 1.46. The number of hydrogen-bond acceptors (Lipinski definition) is 3. The quantitative estimate of drug-likeness (QED) is 0.661. The Balaban J connectivity index is 1.49. The number of carbonyl (C=O) groups excluding carboxylic acids is 1. The number of carbonyl (C=O) groups is 1. The van der Waals surface area contributed by atoms with Gasteiger partial charge in [0.05, 0.1) is 12.1 Å². The van der Waals surface area contributed by atoms with Crippen molar-refractivity contribution in [1.82, 2.24) is 10.3 Å². The summed E-state index contributed by atoms with van der Waals surface area (Å²) in [7, 11) is 0. The number of benzene rings is 2. The fraction of sp³-hybridized carbons (Fsp3) is 0.238. The summed E-state index contributed by atoms with van der Waals surface area (Å²) in [5, 5.41) is 5.71. The molecule has 3 nitrogen and oxygen atoms in total. The number of nitrogens with one attached hydrogen (secondary N) is 1. The summed E-state index contributed by atoms with van der Waals surface area (Å²) in [6.07, 6.45) is 2.09. The van der Waals surface area contributed by atoms with Gasteiger partial charge in [-0.1, -0.05) is 30.3 Å². The molecule has 0 saturated carbocycles. The smallest absolute Gasteiger partial charge is 0.226 e. The first-order valence-electron chi connectivity index (χ1n) is 8.64. The van der Waals surface area contributed by atoms with Gasteiger partial charge < -0.3 is 5.32 Å². The first-order valence-corrected chi connectivity index (χ1v) is 9.52. The van der Waals surface area contributed by atoms with Crippen LogP contribution in [0.5, 0.6) is 0 Å². The minimum Gasteiger partial charge on any atom is -0.353 e. The predicted molar refractivity (Wildman–Crippen MR) is 104 cm³/mol. The zero-order valence-electron chi connectivity index (χ0n) is 14.6. The summed E-state index contributed by atoms with van der Waals surface area (Å²) < 4.78 is 13.0. The topological polar surface area (TPSA) is 42.0 Å². The van der Waals surface area contributed by atoms with E-state index < -0.39 is 0 Å². The second kappa shape index (κ2) is 8.72. The monoisotopic (exact) mass is 368 g/mol. The molecule has 1 unspecified atom stereocenters. The summed E-state index contributed by atoms with van der Waals surface area (Å²) in [5.74, 6) is -0.295. The molecule has 2 aromatic carbocycles. The highest BCUT2D eigenvalue weighted by atomic mass is 32.1. The van der Waals surface area contributed by atoms with Crippen LogP contribution in [0.2, 0.25) is 0 Å². The van der Waals surface area contributed by atoms with Gasteiger partial charge >= 0.3 is 0 Å². The molecule has 0 spiro atoms. The number of hydrogen-bond donors (Lipinski definition) is 1. The minimum absolute atomic E-state index is 0.0264. The molecular weight excluding hydrogens is 347 g/mol. The standard InChI is InChI=1S/C21H21FN2OS/c1-15(7-8-16-5-3-2-4-6-16)23-20(25)13-19-14-26-21(24-19)17-9-11-18(22)12-10-17/h2-6,9-12,14-15H,7-8,13H2,1H3,(H,23,25). The molecule has 5 heteroatoms. The highest BCUT2D eigenvalue weighted by molar-refractivity contribution is 7.13. The van der Waals surface area contributed by atoms with Gasteiger partial charge in [0.15, 0.2) is 0 Å². The van der Waals surface area contributed by atoms with Gasteiger partial charge in [-0.3, -0.25) is 4.79 Å². The fourth-order valence-electron chi connectivity index (χ4n) is 2.70. The molecule has 3 rings (SSSR count). The molecular formula is C21H21FN2OS. The molecule has 0 aliphatic carbocycles. The number of aryl methyl sites for hydroxylation is 1. The first-order chi connectivity index (χ1) is 12.6. The lowest BCUT2D eigenvalue weighted by molar-refractivity contribution is -0.121. The summed E-state index contributed by atoms with van der Waals surface area (Å²) in [6.45, 7) is 2.02. The van der Waals surface area contributed by atoms with Crippen molar-refractivity contribution in [2.75, 3.05) is 0 Å². The Morgan fingerprint density at radius 3 is 2.62 bits per heavy atom. The van der Waals surface area contributed by atoms with E-state index in [1.807, 2.05) is 30.5 Å². The van der Waals surface area contributed by atoms with Gasteiger partial charge in [0.1, 0.15) is 10.8 Å². The van der Waals surface area contributed by atoms with E-state index in [0.29, 0.717) is 0 Å². The molecule has 3 aromatic rings. The number of amides is 1. The van der Waals surface area contributed by atoms with Gasteiger partial charge in [-0.2, -0.15) is 0 Å².